The minimum absolute atomic E-state index is 0.0788. The second kappa shape index (κ2) is 14.5. The molecule has 2 aromatic carbocycles. The Morgan fingerprint density at radius 3 is 2.53 bits per heavy atom. The number of hydrazone groups is 1. The molecule has 1 heterocycles. The van der Waals surface area contributed by atoms with Crippen LogP contribution in [0, 0.1) is 5.92 Å². The van der Waals surface area contributed by atoms with Crippen molar-refractivity contribution in [2.45, 2.75) is 27.0 Å². The first-order valence-corrected chi connectivity index (χ1v) is 12.2. The average Bonchev–Trinajstić information content (AvgIpc) is 2.91. The molecular formula is C27H32BN5O5. The molecule has 0 saturated carbocycles. The number of nitrogens with zero attached hydrogens (tertiary/aromatic N) is 4. The van der Waals surface area contributed by atoms with E-state index in [-0.39, 0.29) is 38.1 Å². The molecule has 0 unspecified atom stereocenters. The molecule has 3 aromatic rings. The maximum atomic E-state index is 13.3. The van der Waals surface area contributed by atoms with Gasteiger partial charge in [-0.15, -0.1) is 0 Å². The number of nitrogens with one attached hydrogen (secondary N) is 1. The Bertz CT molecular complexity index is 1190. The zero-order valence-electron chi connectivity index (χ0n) is 21.5. The van der Waals surface area contributed by atoms with E-state index in [1.54, 1.807) is 47.7 Å². The maximum absolute atomic E-state index is 13.3. The SMILES string of the molecule is CC(C)CN(NC(=O)OCc1ccccc1)C(=O)CN(Cc1cccnc1)/N=C/c1cccc(B(O)O)c1. The zero-order valence-corrected chi connectivity index (χ0v) is 21.5. The van der Waals surface area contributed by atoms with E-state index in [0.29, 0.717) is 11.0 Å². The first kappa shape index (κ1) is 28.4. The third kappa shape index (κ3) is 9.68. The summed E-state index contributed by atoms with van der Waals surface area (Å²) in [6.45, 7) is 4.37. The Morgan fingerprint density at radius 2 is 1.84 bits per heavy atom. The molecule has 11 heteroatoms. The number of carbonyl (C=O) groups is 2. The standard InChI is InChI=1S/C27H32BN5O5/c1-21(2)17-33(31-27(35)38-20-22-8-4-3-5-9-22)26(34)19-32(18-24-11-7-13-29-15-24)30-16-23-10-6-12-25(14-23)28(36)37/h3-16,21,36-37H,17-20H2,1-2H3,(H,31,35)/b30-16+. The van der Waals surface area contributed by atoms with Crippen LogP contribution in [0.15, 0.2) is 84.2 Å². The molecule has 0 aliphatic rings. The highest BCUT2D eigenvalue weighted by Gasteiger charge is 2.21. The van der Waals surface area contributed by atoms with Crippen molar-refractivity contribution in [2.75, 3.05) is 13.1 Å². The highest BCUT2D eigenvalue weighted by molar-refractivity contribution is 6.58. The Balaban J connectivity index is 1.72. The van der Waals surface area contributed by atoms with Gasteiger partial charge in [-0.3, -0.25) is 14.8 Å². The fraction of sp³-hybridized carbons (Fsp3) is 0.259. The lowest BCUT2D eigenvalue weighted by Gasteiger charge is -2.27. The molecule has 1 aromatic heterocycles. The van der Waals surface area contributed by atoms with Gasteiger partial charge >= 0.3 is 13.2 Å². The van der Waals surface area contributed by atoms with Gasteiger partial charge in [-0.05, 0) is 34.1 Å². The maximum Gasteiger partial charge on any atom is 0.488 e. The van der Waals surface area contributed by atoms with Crippen LogP contribution in [-0.2, 0) is 22.7 Å². The summed E-state index contributed by atoms with van der Waals surface area (Å²) in [5.41, 5.74) is 5.18. The van der Waals surface area contributed by atoms with E-state index >= 15 is 0 Å². The van der Waals surface area contributed by atoms with Crippen LogP contribution in [0.4, 0.5) is 4.79 Å². The van der Waals surface area contributed by atoms with Crippen LogP contribution in [0.1, 0.15) is 30.5 Å². The number of aromatic nitrogens is 1. The van der Waals surface area contributed by atoms with E-state index in [1.807, 2.05) is 50.2 Å². The summed E-state index contributed by atoms with van der Waals surface area (Å²) in [6, 6.07) is 19.5. The zero-order chi connectivity index (χ0) is 27.3. The lowest BCUT2D eigenvalue weighted by molar-refractivity contribution is -0.136. The van der Waals surface area contributed by atoms with Crippen LogP contribution in [-0.4, -0.2) is 63.5 Å². The van der Waals surface area contributed by atoms with Gasteiger partial charge in [-0.1, -0.05) is 74.5 Å². The third-order valence-corrected chi connectivity index (χ3v) is 5.27. The number of ether oxygens (including phenoxy) is 1. The summed E-state index contributed by atoms with van der Waals surface area (Å²) >= 11 is 0. The molecule has 0 aliphatic carbocycles. The van der Waals surface area contributed by atoms with E-state index < -0.39 is 13.2 Å². The minimum Gasteiger partial charge on any atom is -0.443 e. The number of hydrogen-bond donors (Lipinski definition) is 3. The monoisotopic (exact) mass is 517 g/mol. The first-order chi connectivity index (χ1) is 18.3. The van der Waals surface area contributed by atoms with Crippen molar-refractivity contribution in [1.82, 2.24) is 20.4 Å². The van der Waals surface area contributed by atoms with Gasteiger partial charge in [0.2, 0.25) is 0 Å². The van der Waals surface area contributed by atoms with E-state index in [4.69, 9.17) is 4.74 Å². The summed E-state index contributed by atoms with van der Waals surface area (Å²) in [6.07, 6.45) is 4.14. The van der Waals surface area contributed by atoms with Crippen molar-refractivity contribution in [3.63, 3.8) is 0 Å². The van der Waals surface area contributed by atoms with Crippen LogP contribution in [0.5, 0.6) is 0 Å². The van der Waals surface area contributed by atoms with E-state index in [1.165, 1.54) is 11.2 Å². The highest BCUT2D eigenvalue weighted by Crippen LogP contribution is 2.07. The fourth-order valence-corrected chi connectivity index (χ4v) is 3.47. The molecule has 3 N–H and O–H groups in total. The molecule has 0 bridgehead atoms. The molecule has 38 heavy (non-hydrogen) atoms. The quantitative estimate of drug-likeness (QED) is 0.202. The number of amides is 2. The number of pyridine rings is 1. The largest absolute Gasteiger partial charge is 0.488 e. The Hall–Kier alpha value is -4.22. The highest BCUT2D eigenvalue weighted by atomic mass is 16.6. The second-order valence-corrected chi connectivity index (χ2v) is 9.04. The minimum atomic E-state index is -1.60. The lowest BCUT2D eigenvalue weighted by Crippen LogP contribution is -2.50. The van der Waals surface area contributed by atoms with E-state index in [0.717, 1.165) is 11.1 Å². The summed E-state index contributed by atoms with van der Waals surface area (Å²) in [4.78, 5) is 29.9. The van der Waals surface area contributed by atoms with Crippen LogP contribution in [0.25, 0.3) is 0 Å². The predicted molar refractivity (Wildman–Crippen MR) is 145 cm³/mol. The van der Waals surface area contributed by atoms with Gasteiger partial charge < -0.3 is 14.8 Å². The fourth-order valence-electron chi connectivity index (χ4n) is 3.47. The molecule has 3 rings (SSSR count). The predicted octanol–water partition coefficient (Wildman–Crippen LogP) is 1.92. The summed E-state index contributed by atoms with van der Waals surface area (Å²) in [5, 5.41) is 26.2. The molecule has 0 aliphatic heterocycles. The number of rotatable bonds is 11. The van der Waals surface area contributed by atoms with Crippen molar-refractivity contribution in [3.05, 3.63) is 95.8 Å². The van der Waals surface area contributed by atoms with Crippen LogP contribution in [0.2, 0.25) is 0 Å². The summed E-state index contributed by atoms with van der Waals surface area (Å²) < 4.78 is 5.29. The van der Waals surface area contributed by atoms with Gasteiger partial charge in [-0.25, -0.2) is 15.2 Å². The normalized spacial score (nSPS) is 10.9. The van der Waals surface area contributed by atoms with Crippen molar-refractivity contribution in [2.24, 2.45) is 11.0 Å². The van der Waals surface area contributed by atoms with Gasteiger partial charge in [0, 0.05) is 18.9 Å². The molecule has 0 fully saturated rings. The van der Waals surface area contributed by atoms with Crippen LogP contribution >= 0.6 is 0 Å². The summed E-state index contributed by atoms with van der Waals surface area (Å²) in [7, 11) is -1.60. The van der Waals surface area contributed by atoms with Gasteiger partial charge in [0.1, 0.15) is 13.2 Å². The second-order valence-electron chi connectivity index (χ2n) is 9.04. The van der Waals surface area contributed by atoms with E-state index in [9.17, 15) is 19.6 Å². The van der Waals surface area contributed by atoms with Gasteiger partial charge in [-0.2, -0.15) is 5.10 Å². The summed E-state index contributed by atoms with van der Waals surface area (Å²) in [5.74, 6) is -0.299. The molecule has 2 amide bonds. The van der Waals surface area contributed by atoms with Crippen LogP contribution < -0.4 is 10.9 Å². The Morgan fingerprint density at radius 1 is 1.08 bits per heavy atom. The molecule has 198 valence electrons. The average molecular weight is 517 g/mol. The third-order valence-electron chi connectivity index (χ3n) is 5.27. The molecule has 10 nitrogen and oxygen atoms in total. The molecule has 0 saturated heterocycles. The number of hydrogen-bond acceptors (Lipinski definition) is 8. The van der Waals surface area contributed by atoms with Crippen molar-refractivity contribution in [1.29, 1.82) is 0 Å². The Kier molecular flexibility index (Phi) is 10.8. The van der Waals surface area contributed by atoms with Crippen LogP contribution in [0.3, 0.4) is 0 Å². The number of benzene rings is 2. The lowest BCUT2D eigenvalue weighted by atomic mass is 9.80. The molecule has 0 atom stereocenters. The van der Waals surface area contributed by atoms with Crippen molar-refractivity contribution in [3.8, 4) is 0 Å². The first-order valence-electron chi connectivity index (χ1n) is 12.2. The Labute approximate surface area is 222 Å². The van der Waals surface area contributed by atoms with E-state index in [2.05, 4.69) is 15.5 Å². The van der Waals surface area contributed by atoms with Gasteiger partial charge in [0.15, 0.2) is 0 Å². The van der Waals surface area contributed by atoms with Gasteiger partial charge in [0.25, 0.3) is 5.91 Å². The van der Waals surface area contributed by atoms with Gasteiger partial charge in [0.05, 0.1) is 12.8 Å². The topological polar surface area (TPSA) is 128 Å². The molecule has 0 spiro atoms. The smallest absolute Gasteiger partial charge is 0.443 e. The van der Waals surface area contributed by atoms with Crippen molar-refractivity contribution >= 4 is 30.8 Å². The molecular weight excluding hydrogens is 485 g/mol. The number of carbonyl (C=O) groups excluding carboxylic acids is 2. The molecule has 0 radical (unpaired) electrons. The van der Waals surface area contributed by atoms with Crippen molar-refractivity contribution < 1.29 is 24.4 Å². The number of hydrazine groups is 1.